The number of carbonyl (C=O) groups excluding carboxylic acids is 1. The van der Waals surface area contributed by atoms with E-state index in [1.807, 2.05) is 23.1 Å². The first-order chi connectivity index (χ1) is 12.6. The molecule has 2 aromatic carbocycles. The van der Waals surface area contributed by atoms with Gasteiger partial charge in [0.2, 0.25) is 5.91 Å². The summed E-state index contributed by atoms with van der Waals surface area (Å²) in [7, 11) is 0. The van der Waals surface area contributed by atoms with E-state index in [-0.39, 0.29) is 17.6 Å². The number of amides is 1. The number of nitro groups is 1. The Hall–Kier alpha value is -2.95. The highest BCUT2D eigenvalue weighted by atomic mass is 16.6. The molecule has 3 rings (SSSR count). The molecule has 0 saturated carbocycles. The van der Waals surface area contributed by atoms with E-state index >= 15 is 0 Å². The van der Waals surface area contributed by atoms with Crippen molar-refractivity contribution in [3.05, 3.63) is 81.9 Å². The third kappa shape index (κ3) is 4.57. The van der Waals surface area contributed by atoms with Crippen LogP contribution < -0.4 is 0 Å². The molecule has 1 saturated heterocycles. The third-order valence-electron chi connectivity index (χ3n) is 4.72. The smallest absolute Gasteiger partial charge is 0.270 e. The molecule has 1 aliphatic rings. The van der Waals surface area contributed by atoms with Gasteiger partial charge in [0.05, 0.1) is 4.92 Å². The van der Waals surface area contributed by atoms with Crippen molar-refractivity contribution < 1.29 is 9.72 Å². The summed E-state index contributed by atoms with van der Waals surface area (Å²) in [6, 6.07) is 16.7. The van der Waals surface area contributed by atoms with Crippen molar-refractivity contribution in [1.29, 1.82) is 0 Å². The van der Waals surface area contributed by atoms with Crippen LogP contribution in [0.2, 0.25) is 0 Å². The van der Waals surface area contributed by atoms with Crippen molar-refractivity contribution in [2.75, 3.05) is 6.54 Å². The highest BCUT2D eigenvalue weighted by molar-refractivity contribution is 5.92. The summed E-state index contributed by atoms with van der Waals surface area (Å²) in [6.07, 6.45) is 7.20. The summed E-state index contributed by atoms with van der Waals surface area (Å²) < 4.78 is 0. The van der Waals surface area contributed by atoms with Crippen LogP contribution in [0, 0.1) is 10.1 Å². The van der Waals surface area contributed by atoms with Gasteiger partial charge < -0.3 is 4.90 Å². The van der Waals surface area contributed by atoms with Gasteiger partial charge in [-0.05, 0) is 42.9 Å². The molecule has 1 aliphatic heterocycles. The second-order valence-electron chi connectivity index (χ2n) is 6.56. The Balaban J connectivity index is 1.70. The molecule has 26 heavy (non-hydrogen) atoms. The van der Waals surface area contributed by atoms with Gasteiger partial charge in [-0.3, -0.25) is 14.9 Å². The van der Waals surface area contributed by atoms with E-state index in [2.05, 4.69) is 12.1 Å². The number of piperidine rings is 1. The van der Waals surface area contributed by atoms with Crippen LogP contribution >= 0.6 is 0 Å². The number of nitro benzene ring substituents is 1. The van der Waals surface area contributed by atoms with E-state index in [4.69, 9.17) is 0 Å². The predicted octanol–water partition coefficient (Wildman–Crippen LogP) is 4.23. The Morgan fingerprint density at radius 3 is 2.73 bits per heavy atom. The zero-order valence-electron chi connectivity index (χ0n) is 14.6. The molecule has 0 unspecified atom stereocenters. The van der Waals surface area contributed by atoms with E-state index in [9.17, 15) is 14.9 Å². The predicted molar refractivity (Wildman–Crippen MR) is 102 cm³/mol. The van der Waals surface area contributed by atoms with Gasteiger partial charge in [-0.25, -0.2) is 0 Å². The summed E-state index contributed by atoms with van der Waals surface area (Å²) in [6.45, 7) is 0.760. The minimum absolute atomic E-state index is 0.0273. The van der Waals surface area contributed by atoms with E-state index in [0.29, 0.717) is 5.56 Å². The molecule has 1 amide bonds. The number of likely N-dealkylation sites (tertiary alicyclic amines) is 1. The Morgan fingerprint density at radius 1 is 1.15 bits per heavy atom. The van der Waals surface area contributed by atoms with Crippen LogP contribution in [0.1, 0.15) is 30.4 Å². The van der Waals surface area contributed by atoms with Crippen LogP contribution in [0.25, 0.3) is 6.08 Å². The van der Waals surface area contributed by atoms with Crippen LogP contribution in [0.3, 0.4) is 0 Å². The van der Waals surface area contributed by atoms with E-state index in [1.54, 1.807) is 18.2 Å². The second-order valence-corrected chi connectivity index (χ2v) is 6.56. The van der Waals surface area contributed by atoms with Gasteiger partial charge >= 0.3 is 0 Å². The monoisotopic (exact) mass is 350 g/mol. The quantitative estimate of drug-likeness (QED) is 0.460. The molecule has 1 heterocycles. The van der Waals surface area contributed by atoms with Gasteiger partial charge in [0.15, 0.2) is 0 Å². The van der Waals surface area contributed by atoms with Gasteiger partial charge in [-0.2, -0.15) is 0 Å². The minimum atomic E-state index is -0.431. The molecule has 5 nitrogen and oxygen atoms in total. The summed E-state index contributed by atoms with van der Waals surface area (Å²) in [5.74, 6) is -0.0304. The fourth-order valence-corrected chi connectivity index (χ4v) is 3.39. The van der Waals surface area contributed by atoms with Gasteiger partial charge in [-0.1, -0.05) is 42.5 Å². The fourth-order valence-electron chi connectivity index (χ4n) is 3.39. The van der Waals surface area contributed by atoms with E-state index in [1.165, 1.54) is 23.8 Å². The second kappa shape index (κ2) is 8.43. The highest BCUT2D eigenvalue weighted by Crippen LogP contribution is 2.22. The molecule has 0 aromatic heterocycles. The summed E-state index contributed by atoms with van der Waals surface area (Å²) in [5.41, 5.74) is 1.92. The Morgan fingerprint density at radius 2 is 1.96 bits per heavy atom. The maximum absolute atomic E-state index is 12.7. The summed E-state index contributed by atoms with van der Waals surface area (Å²) >= 11 is 0. The lowest BCUT2D eigenvalue weighted by molar-refractivity contribution is -0.384. The number of carbonyl (C=O) groups is 1. The van der Waals surface area contributed by atoms with Crippen LogP contribution in [-0.2, 0) is 11.2 Å². The molecule has 2 aromatic rings. The van der Waals surface area contributed by atoms with Crippen molar-refractivity contribution in [1.82, 2.24) is 4.90 Å². The van der Waals surface area contributed by atoms with Gasteiger partial charge in [0, 0.05) is 30.8 Å². The van der Waals surface area contributed by atoms with Gasteiger partial charge in [0.1, 0.15) is 0 Å². The first-order valence-corrected chi connectivity index (χ1v) is 8.90. The van der Waals surface area contributed by atoms with Crippen LogP contribution in [0.15, 0.2) is 60.7 Å². The topological polar surface area (TPSA) is 63.4 Å². The molecular formula is C21H22N2O3. The maximum Gasteiger partial charge on any atom is 0.270 e. The molecule has 1 fully saturated rings. The molecule has 134 valence electrons. The van der Waals surface area contributed by atoms with Crippen molar-refractivity contribution in [2.24, 2.45) is 0 Å². The van der Waals surface area contributed by atoms with Gasteiger partial charge in [0.25, 0.3) is 5.69 Å². The normalized spacial score (nSPS) is 17.4. The zero-order valence-corrected chi connectivity index (χ0v) is 14.6. The molecular weight excluding hydrogens is 328 g/mol. The zero-order chi connectivity index (χ0) is 18.4. The number of rotatable bonds is 5. The summed E-state index contributed by atoms with van der Waals surface area (Å²) in [5, 5.41) is 10.9. The number of hydrogen-bond acceptors (Lipinski definition) is 3. The van der Waals surface area contributed by atoms with Crippen molar-refractivity contribution in [2.45, 2.75) is 31.7 Å². The van der Waals surface area contributed by atoms with Crippen LogP contribution in [-0.4, -0.2) is 28.3 Å². The van der Waals surface area contributed by atoms with E-state index < -0.39 is 4.92 Å². The number of benzene rings is 2. The lowest BCUT2D eigenvalue weighted by Crippen LogP contribution is -2.44. The van der Waals surface area contributed by atoms with Crippen LogP contribution in [0.4, 0.5) is 5.69 Å². The lowest BCUT2D eigenvalue weighted by atomic mass is 9.95. The maximum atomic E-state index is 12.7. The summed E-state index contributed by atoms with van der Waals surface area (Å²) in [4.78, 5) is 25.1. The van der Waals surface area contributed by atoms with Gasteiger partial charge in [-0.15, -0.1) is 0 Å². The van der Waals surface area contributed by atoms with Crippen molar-refractivity contribution in [3.63, 3.8) is 0 Å². The molecule has 0 spiro atoms. The molecule has 5 heteroatoms. The number of non-ortho nitro benzene ring substituents is 1. The average Bonchev–Trinajstić information content (AvgIpc) is 2.67. The molecule has 0 bridgehead atoms. The first kappa shape index (κ1) is 17.9. The Bertz CT molecular complexity index is 802. The largest absolute Gasteiger partial charge is 0.336 e. The Kier molecular flexibility index (Phi) is 5.79. The number of hydrogen-bond donors (Lipinski definition) is 0. The van der Waals surface area contributed by atoms with E-state index in [0.717, 1.165) is 32.2 Å². The first-order valence-electron chi connectivity index (χ1n) is 8.90. The lowest BCUT2D eigenvalue weighted by Gasteiger charge is -2.35. The number of nitrogens with zero attached hydrogens (tertiary/aromatic N) is 2. The minimum Gasteiger partial charge on any atom is -0.336 e. The van der Waals surface area contributed by atoms with Crippen molar-refractivity contribution >= 4 is 17.7 Å². The Labute approximate surface area is 153 Å². The highest BCUT2D eigenvalue weighted by Gasteiger charge is 2.25. The van der Waals surface area contributed by atoms with Crippen molar-refractivity contribution in [3.8, 4) is 0 Å². The standard InChI is InChI=1S/C21H22N2O3/c24-21(13-12-18-9-6-11-20(16-18)23(25)26)22-14-5-4-10-19(22)15-17-7-2-1-3-8-17/h1-3,6-9,11-13,16,19H,4-5,10,14-15H2/b13-12+/t19-/m1/s1. The fraction of sp³-hybridized carbons (Fsp3) is 0.286. The molecule has 0 radical (unpaired) electrons. The average molecular weight is 350 g/mol. The van der Waals surface area contributed by atoms with Crippen LogP contribution in [0.5, 0.6) is 0 Å². The molecule has 1 atom stereocenters. The molecule has 0 aliphatic carbocycles. The third-order valence-corrected chi connectivity index (χ3v) is 4.72. The molecule has 0 N–H and O–H groups in total. The SMILES string of the molecule is O=C(/C=C/c1cccc([N+](=O)[O-])c1)N1CCCC[C@@H]1Cc1ccccc1.